The van der Waals surface area contributed by atoms with Crippen LogP contribution in [0.25, 0.3) is 11.1 Å². The summed E-state index contributed by atoms with van der Waals surface area (Å²) >= 11 is 0. The van der Waals surface area contributed by atoms with Gasteiger partial charge in [-0.15, -0.1) is 0 Å². The van der Waals surface area contributed by atoms with E-state index in [1.165, 1.54) is 5.56 Å². The first-order chi connectivity index (χ1) is 8.52. The third-order valence-corrected chi connectivity index (χ3v) is 3.06. The minimum Gasteiger partial charge on any atom is -0.496 e. The molecule has 2 aromatic rings. The van der Waals surface area contributed by atoms with Crippen molar-refractivity contribution in [2.24, 2.45) is 0 Å². The summed E-state index contributed by atoms with van der Waals surface area (Å²) < 4.78 is 5.36. The van der Waals surface area contributed by atoms with Crippen molar-refractivity contribution in [3.8, 4) is 16.9 Å². The number of aromatic nitrogens is 1. The van der Waals surface area contributed by atoms with Gasteiger partial charge in [0, 0.05) is 18.0 Å². The van der Waals surface area contributed by atoms with Crippen molar-refractivity contribution in [3.63, 3.8) is 0 Å². The van der Waals surface area contributed by atoms with Crippen LogP contribution in [0.1, 0.15) is 26.3 Å². The lowest BCUT2D eigenvalue weighted by Gasteiger charge is -2.19. The molecular formula is C16H19NO. The fourth-order valence-corrected chi connectivity index (χ4v) is 1.93. The van der Waals surface area contributed by atoms with Gasteiger partial charge in [-0.05, 0) is 22.6 Å². The number of ether oxygens (including phenoxy) is 1. The van der Waals surface area contributed by atoms with E-state index in [-0.39, 0.29) is 5.41 Å². The van der Waals surface area contributed by atoms with Crippen LogP contribution in [0.15, 0.2) is 42.7 Å². The molecule has 1 aromatic carbocycles. The Morgan fingerprint density at radius 1 is 1.00 bits per heavy atom. The number of benzene rings is 1. The van der Waals surface area contributed by atoms with Crippen LogP contribution < -0.4 is 4.74 Å². The molecule has 0 N–H and O–H groups in total. The Labute approximate surface area is 109 Å². The highest BCUT2D eigenvalue weighted by atomic mass is 16.5. The molecule has 0 radical (unpaired) electrons. The Balaban J connectivity index is 2.41. The first kappa shape index (κ1) is 12.6. The number of rotatable bonds is 2. The molecule has 0 aliphatic rings. The molecule has 0 unspecified atom stereocenters. The zero-order chi connectivity index (χ0) is 13.2. The molecule has 0 spiro atoms. The molecule has 0 saturated carbocycles. The van der Waals surface area contributed by atoms with Crippen molar-refractivity contribution in [3.05, 3.63) is 48.3 Å². The first-order valence-corrected chi connectivity index (χ1v) is 6.11. The van der Waals surface area contributed by atoms with E-state index in [1.54, 1.807) is 13.3 Å². The average Bonchev–Trinajstić information content (AvgIpc) is 2.38. The highest BCUT2D eigenvalue weighted by Gasteiger charge is 2.13. The molecule has 0 saturated heterocycles. The zero-order valence-corrected chi connectivity index (χ0v) is 11.4. The van der Waals surface area contributed by atoms with Crippen molar-refractivity contribution >= 4 is 0 Å². The summed E-state index contributed by atoms with van der Waals surface area (Å²) in [5.41, 5.74) is 3.67. The van der Waals surface area contributed by atoms with E-state index < -0.39 is 0 Å². The zero-order valence-electron chi connectivity index (χ0n) is 11.4. The van der Waals surface area contributed by atoms with Gasteiger partial charge >= 0.3 is 0 Å². The van der Waals surface area contributed by atoms with Gasteiger partial charge in [-0.25, -0.2) is 0 Å². The van der Waals surface area contributed by atoms with Crippen LogP contribution in [0.3, 0.4) is 0 Å². The van der Waals surface area contributed by atoms with Crippen LogP contribution in [-0.4, -0.2) is 12.1 Å². The topological polar surface area (TPSA) is 22.1 Å². The van der Waals surface area contributed by atoms with Crippen LogP contribution in [0, 0.1) is 0 Å². The van der Waals surface area contributed by atoms with E-state index in [1.807, 2.05) is 12.3 Å². The van der Waals surface area contributed by atoms with Gasteiger partial charge in [0.05, 0.1) is 7.11 Å². The Morgan fingerprint density at radius 2 is 1.67 bits per heavy atom. The van der Waals surface area contributed by atoms with E-state index in [0.29, 0.717) is 0 Å². The standard InChI is InChI=1S/C16H19NO/c1-16(2,3)13-7-5-12(6-8-13)14-11-17-10-9-15(14)18-4/h5-11H,1-4H3. The van der Waals surface area contributed by atoms with Crippen LogP contribution in [0.2, 0.25) is 0 Å². The molecule has 0 bridgehead atoms. The minimum absolute atomic E-state index is 0.178. The molecule has 18 heavy (non-hydrogen) atoms. The fraction of sp³-hybridized carbons (Fsp3) is 0.312. The van der Waals surface area contributed by atoms with Crippen LogP contribution in [0.4, 0.5) is 0 Å². The lowest BCUT2D eigenvalue weighted by molar-refractivity contribution is 0.416. The van der Waals surface area contributed by atoms with E-state index in [2.05, 4.69) is 50.0 Å². The van der Waals surface area contributed by atoms with Crippen molar-refractivity contribution in [2.45, 2.75) is 26.2 Å². The van der Waals surface area contributed by atoms with E-state index in [0.717, 1.165) is 16.9 Å². The Bertz CT molecular complexity index is 524. The molecule has 2 rings (SSSR count). The maximum atomic E-state index is 5.36. The fourth-order valence-electron chi connectivity index (χ4n) is 1.93. The molecule has 0 atom stereocenters. The van der Waals surface area contributed by atoms with Gasteiger partial charge in [-0.1, -0.05) is 45.0 Å². The van der Waals surface area contributed by atoms with Crippen LogP contribution in [-0.2, 0) is 5.41 Å². The van der Waals surface area contributed by atoms with Crippen molar-refractivity contribution in [1.29, 1.82) is 0 Å². The summed E-state index contributed by atoms with van der Waals surface area (Å²) in [6.07, 6.45) is 3.58. The largest absolute Gasteiger partial charge is 0.496 e. The summed E-state index contributed by atoms with van der Waals surface area (Å²) in [4.78, 5) is 4.16. The van der Waals surface area contributed by atoms with Gasteiger partial charge < -0.3 is 4.74 Å². The van der Waals surface area contributed by atoms with Gasteiger partial charge in [-0.3, -0.25) is 4.98 Å². The van der Waals surface area contributed by atoms with Gasteiger partial charge in [-0.2, -0.15) is 0 Å². The molecule has 0 fully saturated rings. The quantitative estimate of drug-likeness (QED) is 0.791. The Hall–Kier alpha value is -1.83. The number of hydrogen-bond acceptors (Lipinski definition) is 2. The SMILES string of the molecule is COc1ccncc1-c1ccc(C(C)(C)C)cc1. The molecule has 1 aromatic heterocycles. The first-order valence-electron chi connectivity index (χ1n) is 6.11. The summed E-state index contributed by atoms with van der Waals surface area (Å²) in [6.45, 7) is 6.64. The monoisotopic (exact) mass is 241 g/mol. The van der Waals surface area contributed by atoms with Crippen LogP contribution >= 0.6 is 0 Å². The molecule has 2 nitrogen and oxygen atoms in total. The highest BCUT2D eigenvalue weighted by molar-refractivity contribution is 5.69. The average molecular weight is 241 g/mol. The number of methoxy groups -OCH3 is 1. The molecule has 2 heteroatoms. The predicted molar refractivity (Wildman–Crippen MR) is 74.9 cm³/mol. The van der Waals surface area contributed by atoms with E-state index >= 15 is 0 Å². The van der Waals surface area contributed by atoms with Crippen molar-refractivity contribution in [1.82, 2.24) is 4.98 Å². The number of nitrogens with zero attached hydrogens (tertiary/aromatic N) is 1. The molecule has 94 valence electrons. The maximum Gasteiger partial charge on any atom is 0.129 e. The molecule has 0 aliphatic carbocycles. The van der Waals surface area contributed by atoms with E-state index in [9.17, 15) is 0 Å². The molecule has 1 heterocycles. The summed E-state index contributed by atoms with van der Waals surface area (Å²) in [7, 11) is 1.68. The molecule has 0 amide bonds. The number of pyridine rings is 1. The Morgan fingerprint density at radius 3 is 2.22 bits per heavy atom. The van der Waals surface area contributed by atoms with Gasteiger partial charge in [0.25, 0.3) is 0 Å². The lowest BCUT2D eigenvalue weighted by Crippen LogP contribution is -2.10. The third-order valence-electron chi connectivity index (χ3n) is 3.06. The molecule has 0 aliphatic heterocycles. The second kappa shape index (κ2) is 4.81. The van der Waals surface area contributed by atoms with E-state index in [4.69, 9.17) is 4.74 Å². The lowest BCUT2D eigenvalue weighted by atomic mass is 9.86. The van der Waals surface area contributed by atoms with Gasteiger partial charge in [0.15, 0.2) is 0 Å². The highest BCUT2D eigenvalue weighted by Crippen LogP contribution is 2.30. The predicted octanol–water partition coefficient (Wildman–Crippen LogP) is 4.05. The third kappa shape index (κ3) is 2.53. The summed E-state index contributed by atoms with van der Waals surface area (Å²) in [5.74, 6) is 0.855. The number of hydrogen-bond donors (Lipinski definition) is 0. The smallest absolute Gasteiger partial charge is 0.129 e. The van der Waals surface area contributed by atoms with Gasteiger partial charge in [0.1, 0.15) is 5.75 Å². The molecular weight excluding hydrogens is 222 g/mol. The minimum atomic E-state index is 0.178. The summed E-state index contributed by atoms with van der Waals surface area (Å²) in [6, 6.07) is 10.5. The van der Waals surface area contributed by atoms with Crippen LogP contribution in [0.5, 0.6) is 5.75 Å². The van der Waals surface area contributed by atoms with Gasteiger partial charge in [0.2, 0.25) is 0 Å². The van der Waals surface area contributed by atoms with Crippen molar-refractivity contribution in [2.75, 3.05) is 7.11 Å². The Kier molecular flexibility index (Phi) is 3.37. The van der Waals surface area contributed by atoms with Crippen molar-refractivity contribution < 1.29 is 4.74 Å². The second-order valence-electron chi connectivity index (χ2n) is 5.40. The second-order valence-corrected chi connectivity index (χ2v) is 5.40. The summed E-state index contributed by atoms with van der Waals surface area (Å²) in [5, 5.41) is 0. The maximum absolute atomic E-state index is 5.36. The normalized spacial score (nSPS) is 11.3.